The Hall–Kier alpha value is -0.260. The minimum absolute atomic E-state index is 0.893. The second kappa shape index (κ2) is 12.8. The van der Waals surface area contributed by atoms with E-state index >= 15 is 0 Å². The number of allylic oxidation sites excluding steroid dienone is 2. The molecule has 1 saturated carbocycles. The first-order valence-corrected chi connectivity index (χ1v) is 9.10. The van der Waals surface area contributed by atoms with Gasteiger partial charge < -0.3 is 0 Å². The van der Waals surface area contributed by atoms with Crippen LogP contribution in [0.4, 0.5) is 0 Å². The summed E-state index contributed by atoms with van der Waals surface area (Å²) in [5.74, 6) is 0.893. The van der Waals surface area contributed by atoms with Crippen molar-refractivity contribution in [1.29, 1.82) is 0 Å². The molecule has 19 heavy (non-hydrogen) atoms. The van der Waals surface area contributed by atoms with Gasteiger partial charge in [-0.15, -0.1) is 0 Å². The molecule has 0 aromatic carbocycles. The summed E-state index contributed by atoms with van der Waals surface area (Å²) in [7, 11) is 0. The molecule has 0 N–H and O–H groups in total. The van der Waals surface area contributed by atoms with E-state index in [2.05, 4.69) is 19.1 Å². The molecule has 0 saturated heterocycles. The average molecular weight is 264 g/mol. The molecule has 0 heteroatoms. The maximum Gasteiger partial charge on any atom is -0.0234 e. The van der Waals surface area contributed by atoms with Crippen LogP contribution in [0.2, 0.25) is 0 Å². The molecule has 0 radical (unpaired) electrons. The normalized spacial score (nSPS) is 20.5. The highest BCUT2D eigenvalue weighted by molar-refractivity contribution is 4.88. The third kappa shape index (κ3) is 10.2. The standard InChI is InChI=1S/C19H36/c1-2-3-4-5-10-13-16-19-17-14-11-8-6-7-9-12-15-18-19/h13,16,19H,2-12,14-15,17-18H2,1H3/b16-13+. The van der Waals surface area contributed by atoms with Gasteiger partial charge in [-0.1, -0.05) is 89.7 Å². The molecule has 0 amide bonds. The van der Waals surface area contributed by atoms with Crippen molar-refractivity contribution < 1.29 is 0 Å². The number of hydrogen-bond acceptors (Lipinski definition) is 0. The van der Waals surface area contributed by atoms with Crippen LogP contribution in [0.5, 0.6) is 0 Å². The van der Waals surface area contributed by atoms with Crippen LogP contribution >= 0.6 is 0 Å². The van der Waals surface area contributed by atoms with Crippen molar-refractivity contribution in [3.63, 3.8) is 0 Å². The molecule has 1 rings (SSSR count). The molecule has 0 atom stereocenters. The Bertz CT molecular complexity index is 192. The average Bonchev–Trinajstić information content (AvgIpc) is 2.48. The van der Waals surface area contributed by atoms with Crippen LogP contribution in [-0.2, 0) is 0 Å². The minimum atomic E-state index is 0.893. The largest absolute Gasteiger partial charge is 0.0883 e. The number of rotatable bonds is 6. The van der Waals surface area contributed by atoms with Crippen molar-refractivity contribution in [1.82, 2.24) is 0 Å². The summed E-state index contributed by atoms with van der Waals surface area (Å²) in [6, 6.07) is 0. The lowest BCUT2D eigenvalue weighted by Crippen LogP contribution is -1.97. The van der Waals surface area contributed by atoms with E-state index in [1.54, 1.807) is 0 Å². The van der Waals surface area contributed by atoms with Crippen LogP contribution in [0.15, 0.2) is 12.2 Å². The first-order chi connectivity index (χ1) is 9.43. The highest BCUT2D eigenvalue weighted by Crippen LogP contribution is 2.22. The predicted molar refractivity (Wildman–Crippen MR) is 87.6 cm³/mol. The van der Waals surface area contributed by atoms with E-state index in [4.69, 9.17) is 0 Å². The summed E-state index contributed by atoms with van der Waals surface area (Å²) in [6.07, 6.45) is 26.7. The molecule has 0 nitrogen and oxygen atoms in total. The van der Waals surface area contributed by atoms with Crippen LogP contribution in [0.3, 0.4) is 0 Å². The fourth-order valence-electron chi connectivity index (χ4n) is 3.19. The lowest BCUT2D eigenvalue weighted by atomic mass is 9.94. The van der Waals surface area contributed by atoms with Gasteiger partial charge in [0.1, 0.15) is 0 Å². The van der Waals surface area contributed by atoms with Crippen molar-refractivity contribution in [2.24, 2.45) is 5.92 Å². The fourth-order valence-corrected chi connectivity index (χ4v) is 3.19. The molecule has 0 spiro atoms. The van der Waals surface area contributed by atoms with Gasteiger partial charge in [-0.3, -0.25) is 0 Å². The third-order valence-corrected chi connectivity index (χ3v) is 4.53. The Morgan fingerprint density at radius 2 is 1.32 bits per heavy atom. The van der Waals surface area contributed by atoms with E-state index in [1.807, 2.05) is 0 Å². The quantitative estimate of drug-likeness (QED) is 0.356. The Balaban J connectivity index is 2.17. The van der Waals surface area contributed by atoms with E-state index in [1.165, 1.54) is 96.3 Å². The Kier molecular flexibility index (Phi) is 11.3. The smallest absolute Gasteiger partial charge is 0.0234 e. The van der Waals surface area contributed by atoms with Crippen molar-refractivity contribution in [2.75, 3.05) is 0 Å². The van der Waals surface area contributed by atoms with Gasteiger partial charge in [-0.05, 0) is 31.6 Å². The predicted octanol–water partition coefficient (Wildman–Crippen LogP) is 7.04. The number of unbranched alkanes of at least 4 members (excludes halogenated alkanes) is 4. The second-order valence-electron chi connectivity index (χ2n) is 6.44. The summed E-state index contributed by atoms with van der Waals surface area (Å²) < 4.78 is 0. The van der Waals surface area contributed by atoms with Gasteiger partial charge in [0, 0.05) is 0 Å². The molecule has 0 aromatic heterocycles. The monoisotopic (exact) mass is 264 g/mol. The molecule has 1 fully saturated rings. The Labute approximate surface area is 122 Å². The lowest BCUT2D eigenvalue weighted by Gasteiger charge is -2.11. The molecule has 112 valence electrons. The van der Waals surface area contributed by atoms with Crippen LogP contribution in [-0.4, -0.2) is 0 Å². The fraction of sp³-hybridized carbons (Fsp3) is 0.895. The van der Waals surface area contributed by atoms with Gasteiger partial charge in [0.2, 0.25) is 0 Å². The van der Waals surface area contributed by atoms with Crippen molar-refractivity contribution in [3.8, 4) is 0 Å². The van der Waals surface area contributed by atoms with E-state index in [9.17, 15) is 0 Å². The molecular weight excluding hydrogens is 228 g/mol. The molecule has 0 unspecified atom stereocenters. The van der Waals surface area contributed by atoms with Crippen molar-refractivity contribution in [2.45, 2.75) is 103 Å². The van der Waals surface area contributed by atoms with E-state index in [-0.39, 0.29) is 0 Å². The first kappa shape index (κ1) is 16.8. The van der Waals surface area contributed by atoms with E-state index < -0.39 is 0 Å². The lowest BCUT2D eigenvalue weighted by molar-refractivity contribution is 0.486. The summed E-state index contributed by atoms with van der Waals surface area (Å²) >= 11 is 0. The van der Waals surface area contributed by atoms with E-state index in [0.717, 1.165) is 5.92 Å². The zero-order valence-corrected chi connectivity index (χ0v) is 13.3. The van der Waals surface area contributed by atoms with Gasteiger partial charge in [-0.25, -0.2) is 0 Å². The zero-order valence-electron chi connectivity index (χ0n) is 13.3. The van der Waals surface area contributed by atoms with Gasteiger partial charge in [0.25, 0.3) is 0 Å². The van der Waals surface area contributed by atoms with Gasteiger partial charge >= 0.3 is 0 Å². The van der Waals surface area contributed by atoms with Crippen LogP contribution in [0.25, 0.3) is 0 Å². The van der Waals surface area contributed by atoms with Gasteiger partial charge in [0.05, 0.1) is 0 Å². The minimum Gasteiger partial charge on any atom is -0.0883 e. The molecule has 0 aliphatic heterocycles. The van der Waals surface area contributed by atoms with Crippen molar-refractivity contribution in [3.05, 3.63) is 12.2 Å². The maximum atomic E-state index is 2.56. The zero-order chi connectivity index (χ0) is 13.6. The van der Waals surface area contributed by atoms with E-state index in [0.29, 0.717) is 0 Å². The topological polar surface area (TPSA) is 0 Å². The molecule has 1 aliphatic carbocycles. The summed E-state index contributed by atoms with van der Waals surface area (Å²) in [5.41, 5.74) is 0. The Morgan fingerprint density at radius 1 is 0.737 bits per heavy atom. The van der Waals surface area contributed by atoms with Gasteiger partial charge in [-0.2, -0.15) is 0 Å². The third-order valence-electron chi connectivity index (χ3n) is 4.53. The molecule has 0 heterocycles. The highest BCUT2D eigenvalue weighted by Gasteiger charge is 2.06. The summed E-state index contributed by atoms with van der Waals surface area (Å²) in [5, 5.41) is 0. The number of hydrogen-bond donors (Lipinski definition) is 0. The highest BCUT2D eigenvalue weighted by atomic mass is 14.1. The van der Waals surface area contributed by atoms with Gasteiger partial charge in [0.15, 0.2) is 0 Å². The first-order valence-electron chi connectivity index (χ1n) is 9.10. The second-order valence-corrected chi connectivity index (χ2v) is 6.44. The van der Waals surface area contributed by atoms with Crippen LogP contribution in [0, 0.1) is 5.92 Å². The van der Waals surface area contributed by atoms with Crippen LogP contribution < -0.4 is 0 Å². The SMILES string of the molecule is CCCCCC/C=C/C1CCCCCCCCCC1. The molecular formula is C19H36. The summed E-state index contributed by atoms with van der Waals surface area (Å²) in [6.45, 7) is 2.29. The van der Waals surface area contributed by atoms with Crippen molar-refractivity contribution >= 4 is 0 Å². The molecule has 0 bridgehead atoms. The maximum absolute atomic E-state index is 2.56. The molecule has 0 aromatic rings. The van der Waals surface area contributed by atoms with Crippen LogP contribution in [0.1, 0.15) is 103 Å². The molecule has 1 aliphatic rings. The summed E-state index contributed by atoms with van der Waals surface area (Å²) in [4.78, 5) is 0. The Morgan fingerprint density at radius 3 is 1.89 bits per heavy atom.